The van der Waals surface area contributed by atoms with E-state index in [1.807, 2.05) is 37.3 Å². The molecule has 1 saturated heterocycles. The van der Waals surface area contributed by atoms with Crippen molar-refractivity contribution in [2.24, 2.45) is 5.92 Å². The number of piperidine rings is 1. The maximum atomic E-state index is 12.8. The fourth-order valence-electron chi connectivity index (χ4n) is 3.85. The van der Waals surface area contributed by atoms with Gasteiger partial charge in [-0.2, -0.15) is 0 Å². The number of rotatable bonds is 6. The standard InChI is InChI=1S/C20H28N2O3.C2H2O4/c1-3-18(23)22(17-7-5-4-6-8-17)20(19(24)25-2)11-13-21(14-12-20)15-16-9-10-16;3-1(4)2(5)6/h4-8,16H,3,9-15H2,1-2H3;(H,3,4)(H,5,6). The van der Waals surface area contributed by atoms with Gasteiger partial charge in [0, 0.05) is 31.7 Å². The predicted octanol–water partition coefficient (Wildman–Crippen LogP) is 2.00. The van der Waals surface area contributed by atoms with Crippen molar-refractivity contribution >= 4 is 29.5 Å². The fourth-order valence-corrected chi connectivity index (χ4v) is 3.85. The van der Waals surface area contributed by atoms with Crippen molar-refractivity contribution in [1.82, 2.24) is 4.90 Å². The first-order valence-electron chi connectivity index (χ1n) is 10.4. The van der Waals surface area contributed by atoms with Gasteiger partial charge in [-0.25, -0.2) is 14.4 Å². The van der Waals surface area contributed by atoms with Crippen LogP contribution in [-0.4, -0.2) is 71.2 Å². The third kappa shape index (κ3) is 6.27. The number of benzene rings is 1. The van der Waals surface area contributed by atoms with Crippen LogP contribution in [0.2, 0.25) is 0 Å². The van der Waals surface area contributed by atoms with Gasteiger partial charge in [0.15, 0.2) is 0 Å². The van der Waals surface area contributed by atoms with E-state index in [4.69, 9.17) is 24.5 Å². The molecular formula is C22H30N2O7. The fraction of sp³-hybridized carbons (Fsp3) is 0.545. The smallest absolute Gasteiger partial charge is 0.414 e. The number of nitrogens with zero attached hydrogens (tertiary/aromatic N) is 2. The van der Waals surface area contributed by atoms with Crippen LogP contribution in [0.1, 0.15) is 39.0 Å². The summed E-state index contributed by atoms with van der Waals surface area (Å²) in [6.07, 6.45) is 4.24. The second kappa shape index (κ2) is 10.9. The van der Waals surface area contributed by atoms with Crippen LogP contribution in [0, 0.1) is 5.92 Å². The van der Waals surface area contributed by atoms with E-state index in [1.54, 1.807) is 4.90 Å². The van der Waals surface area contributed by atoms with Crippen molar-refractivity contribution in [3.8, 4) is 0 Å². The van der Waals surface area contributed by atoms with E-state index in [-0.39, 0.29) is 11.9 Å². The minimum atomic E-state index is -1.82. The van der Waals surface area contributed by atoms with E-state index in [9.17, 15) is 9.59 Å². The van der Waals surface area contributed by atoms with Gasteiger partial charge >= 0.3 is 17.9 Å². The highest BCUT2D eigenvalue weighted by Gasteiger charge is 2.50. The summed E-state index contributed by atoms with van der Waals surface area (Å²) in [4.78, 5) is 48.0. The van der Waals surface area contributed by atoms with Crippen molar-refractivity contribution < 1.29 is 34.1 Å². The lowest BCUT2D eigenvalue weighted by Gasteiger charge is -2.46. The Morgan fingerprint density at radius 3 is 2.03 bits per heavy atom. The lowest BCUT2D eigenvalue weighted by Crippen LogP contribution is -2.62. The molecule has 0 spiro atoms. The summed E-state index contributed by atoms with van der Waals surface area (Å²) in [5, 5.41) is 14.8. The molecule has 1 amide bonds. The highest BCUT2D eigenvalue weighted by molar-refractivity contribution is 6.27. The van der Waals surface area contributed by atoms with Gasteiger partial charge in [-0.15, -0.1) is 0 Å². The highest BCUT2D eigenvalue weighted by atomic mass is 16.5. The van der Waals surface area contributed by atoms with Crippen molar-refractivity contribution in [3.63, 3.8) is 0 Å². The lowest BCUT2D eigenvalue weighted by atomic mass is 9.84. The Bertz CT molecular complexity index is 772. The molecule has 0 aromatic heterocycles. The maximum absolute atomic E-state index is 12.8. The van der Waals surface area contributed by atoms with E-state index in [2.05, 4.69) is 4.90 Å². The van der Waals surface area contributed by atoms with Crippen LogP contribution in [-0.2, 0) is 23.9 Å². The Labute approximate surface area is 181 Å². The number of likely N-dealkylation sites (tertiary alicyclic amines) is 1. The van der Waals surface area contributed by atoms with Gasteiger partial charge in [-0.3, -0.25) is 9.69 Å². The molecule has 31 heavy (non-hydrogen) atoms. The molecule has 9 nitrogen and oxygen atoms in total. The number of carbonyl (C=O) groups excluding carboxylic acids is 2. The number of ether oxygens (including phenoxy) is 1. The number of amides is 1. The molecule has 0 unspecified atom stereocenters. The second-order valence-electron chi connectivity index (χ2n) is 7.80. The molecule has 3 rings (SSSR count). The van der Waals surface area contributed by atoms with Crippen molar-refractivity contribution in [2.75, 3.05) is 31.6 Å². The van der Waals surface area contributed by atoms with Gasteiger partial charge in [-0.1, -0.05) is 25.1 Å². The van der Waals surface area contributed by atoms with Crippen LogP contribution in [0.15, 0.2) is 30.3 Å². The number of aliphatic carboxylic acids is 2. The van der Waals surface area contributed by atoms with E-state index >= 15 is 0 Å². The molecule has 2 aliphatic rings. The zero-order valence-electron chi connectivity index (χ0n) is 18.0. The van der Waals surface area contributed by atoms with Crippen molar-refractivity contribution in [1.29, 1.82) is 0 Å². The molecule has 0 radical (unpaired) electrons. The topological polar surface area (TPSA) is 124 Å². The molecule has 9 heteroatoms. The Kier molecular flexibility index (Phi) is 8.56. The summed E-state index contributed by atoms with van der Waals surface area (Å²) < 4.78 is 5.17. The first-order chi connectivity index (χ1) is 14.7. The average Bonchev–Trinajstić information content (AvgIpc) is 3.59. The van der Waals surface area contributed by atoms with Crippen LogP contribution < -0.4 is 4.90 Å². The largest absolute Gasteiger partial charge is 0.473 e. The number of hydrogen-bond acceptors (Lipinski definition) is 6. The summed E-state index contributed by atoms with van der Waals surface area (Å²) in [6, 6.07) is 9.52. The molecule has 2 N–H and O–H groups in total. The molecule has 1 aliphatic heterocycles. The summed E-state index contributed by atoms with van der Waals surface area (Å²) >= 11 is 0. The normalized spacial score (nSPS) is 17.6. The molecule has 2 fully saturated rings. The molecule has 1 heterocycles. The van der Waals surface area contributed by atoms with E-state index in [0.717, 1.165) is 31.2 Å². The third-order valence-corrected chi connectivity index (χ3v) is 5.64. The van der Waals surface area contributed by atoms with Crippen molar-refractivity contribution in [2.45, 2.75) is 44.6 Å². The number of para-hydroxylation sites is 1. The van der Waals surface area contributed by atoms with Crippen LogP contribution in [0.25, 0.3) is 0 Å². The molecule has 1 aromatic carbocycles. The predicted molar refractivity (Wildman–Crippen MR) is 113 cm³/mol. The van der Waals surface area contributed by atoms with Crippen LogP contribution >= 0.6 is 0 Å². The second-order valence-corrected chi connectivity index (χ2v) is 7.80. The summed E-state index contributed by atoms with van der Waals surface area (Å²) in [5.41, 5.74) is -0.126. The van der Waals surface area contributed by atoms with Gasteiger partial charge in [0.25, 0.3) is 0 Å². The number of carboxylic acid groups (broad SMARTS) is 2. The number of carboxylic acids is 2. The Morgan fingerprint density at radius 2 is 1.61 bits per heavy atom. The molecule has 1 aliphatic carbocycles. The van der Waals surface area contributed by atoms with Gasteiger partial charge in [0.2, 0.25) is 5.91 Å². The van der Waals surface area contributed by atoms with E-state index in [0.29, 0.717) is 19.3 Å². The monoisotopic (exact) mass is 434 g/mol. The zero-order chi connectivity index (χ0) is 23.0. The minimum Gasteiger partial charge on any atom is -0.473 e. The summed E-state index contributed by atoms with van der Waals surface area (Å²) in [7, 11) is 1.42. The Morgan fingerprint density at radius 1 is 1.06 bits per heavy atom. The van der Waals surface area contributed by atoms with E-state index < -0.39 is 17.5 Å². The maximum Gasteiger partial charge on any atom is 0.414 e. The number of methoxy groups -OCH3 is 1. The van der Waals surface area contributed by atoms with Gasteiger partial charge in [0.1, 0.15) is 5.54 Å². The molecule has 0 atom stereocenters. The lowest BCUT2D eigenvalue weighted by molar-refractivity contribution is -0.159. The van der Waals surface area contributed by atoms with Crippen LogP contribution in [0.4, 0.5) is 5.69 Å². The molecule has 1 saturated carbocycles. The summed E-state index contributed by atoms with van der Waals surface area (Å²) in [5.74, 6) is -3.16. The van der Waals surface area contributed by atoms with Gasteiger partial charge in [0.05, 0.1) is 7.11 Å². The quantitative estimate of drug-likeness (QED) is 0.515. The highest BCUT2D eigenvalue weighted by Crippen LogP contribution is 2.37. The van der Waals surface area contributed by atoms with E-state index in [1.165, 1.54) is 20.0 Å². The van der Waals surface area contributed by atoms with Crippen molar-refractivity contribution in [3.05, 3.63) is 30.3 Å². The third-order valence-electron chi connectivity index (χ3n) is 5.64. The molecule has 0 bridgehead atoms. The Hall–Kier alpha value is -2.94. The van der Waals surface area contributed by atoms with Gasteiger partial charge < -0.3 is 19.8 Å². The first kappa shape index (κ1) is 24.3. The average molecular weight is 434 g/mol. The molecule has 1 aromatic rings. The Balaban J connectivity index is 0.000000501. The molecular weight excluding hydrogens is 404 g/mol. The van der Waals surface area contributed by atoms with Gasteiger partial charge in [-0.05, 0) is 43.7 Å². The summed E-state index contributed by atoms with van der Waals surface area (Å²) in [6.45, 7) is 4.60. The SMILES string of the molecule is CCC(=O)N(c1ccccc1)C1(C(=O)OC)CCN(CC2CC2)CC1.O=C(O)C(=O)O. The number of anilines is 1. The first-order valence-corrected chi connectivity index (χ1v) is 10.4. The molecule has 170 valence electrons. The number of carbonyl (C=O) groups is 4. The van der Waals surface area contributed by atoms with Crippen LogP contribution in [0.3, 0.4) is 0 Å². The van der Waals surface area contributed by atoms with Crippen LogP contribution in [0.5, 0.6) is 0 Å². The number of hydrogen-bond donors (Lipinski definition) is 2. The number of esters is 1. The minimum absolute atomic E-state index is 0.0350. The zero-order valence-corrected chi connectivity index (χ0v) is 18.0.